The van der Waals surface area contributed by atoms with Crippen LogP contribution in [0.4, 0.5) is 5.69 Å². The average Bonchev–Trinajstić information content (AvgIpc) is 3.16. The maximum absolute atomic E-state index is 12.5. The standard InChI is InChI=1S/C21H25N5O3S/c1-4-26-19(16-8-5-7-15(2)13-16)24-25-21(26)30-14-18(27)23-17-9-6-10-22-20(17)29-12-11-28-3/h5-10,13H,4,11-12,14H2,1-3H3,(H,23,27). The van der Waals surface area contributed by atoms with E-state index in [0.717, 1.165) is 17.0 Å². The molecule has 0 saturated heterocycles. The lowest BCUT2D eigenvalue weighted by atomic mass is 10.1. The van der Waals surface area contributed by atoms with Crippen LogP contribution in [0.15, 0.2) is 47.8 Å². The van der Waals surface area contributed by atoms with Gasteiger partial charge in [0.05, 0.1) is 12.4 Å². The molecule has 0 aliphatic heterocycles. The van der Waals surface area contributed by atoms with Gasteiger partial charge in [0.15, 0.2) is 11.0 Å². The smallest absolute Gasteiger partial charge is 0.237 e. The third-order valence-corrected chi connectivity index (χ3v) is 5.18. The number of carbonyl (C=O) groups excluding carboxylic acids is 1. The van der Waals surface area contributed by atoms with Crippen LogP contribution in [0.3, 0.4) is 0 Å². The highest BCUT2D eigenvalue weighted by molar-refractivity contribution is 7.99. The number of hydrogen-bond donors (Lipinski definition) is 1. The fourth-order valence-electron chi connectivity index (χ4n) is 2.82. The molecule has 30 heavy (non-hydrogen) atoms. The minimum atomic E-state index is -0.174. The van der Waals surface area contributed by atoms with Gasteiger partial charge in [-0.05, 0) is 32.0 Å². The zero-order chi connectivity index (χ0) is 21.3. The molecule has 0 radical (unpaired) electrons. The summed E-state index contributed by atoms with van der Waals surface area (Å²) in [6.07, 6.45) is 1.61. The molecule has 8 nitrogen and oxygen atoms in total. The number of methoxy groups -OCH3 is 1. The molecule has 3 rings (SSSR count). The van der Waals surface area contributed by atoms with Crippen LogP contribution in [-0.4, -0.2) is 51.7 Å². The molecule has 158 valence electrons. The Morgan fingerprint density at radius 2 is 2.07 bits per heavy atom. The number of thioether (sulfide) groups is 1. The summed E-state index contributed by atoms with van der Waals surface area (Å²) in [5.41, 5.74) is 2.69. The van der Waals surface area contributed by atoms with Gasteiger partial charge >= 0.3 is 0 Å². The fourth-order valence-corrected chi connectivity index (χ4v) is 3.62. The molecule has 2 heterocycles. The average molecular weight is 428 g/mol. The van der Waals surface area contributed by atoms with Crippen LogP contribution in [-0.2, 0) is 16.1 Å². The lowest BCUT2D eigenvalue weighted by Crippen LogP contribution is -2.16. The van der Waals surface area contributed by atoms with Crippen molar-refractivity contribution in [3.63, 3.8) is 0 Å². The van der Waals surface area contributed by atoms with E-state index in [1.807, 2.05) is 36.6 Å². The molecule has 0 unspecified atom stereocenters. The van der Waals surface area contributed by atoms with Gasteiger partial charge in [-0.3, -0.25) is 4.79 Å². The van der Waals surface area contributed by atoms with Gasteiger partial charge in [0.25, 0.3) is 0 Å². The Labute approximate surface area is 180 Å². The minimum Gasteiger partial charge on any atom is -0.474 e. The van der Waals surface area contributed by atoms with Crippen molar-refractivity contribution in [1.29, 1.82) is 0 Å². The molecule has 0 spiro atoms. The number of anilines is 1. The molecule has 1 amide bonds. The summed E-state index contributed by atoms with van der Waals surface area (Å²) in [6, 6.07) is 11.6. The minimum absolute atomic E-state index is 0.174. The quantitative estimate of drug-likeness (QED) is 0.391. The summed E-state index contributed by atoms with van der Waals surface area (Å²) in [4.78, 5) is 16.7. The number of benzene rings is 1. The Hall–Kier alpha value is -2.91. The first-order chi connectivity index (χ1) is 14.6. The first-order valence-electron chi connectivity index (χ1n) is 9.62. The molecular weight excluding hydrogens is 402 g/mol. The third-order valence-electron chi connectivity index (χ3n) is 4.21. The van der Waals surface area contributed by atoms with Gasteiger partial charge in [0, 0.05) is 25.4 Å². The van der Waals surface area contributed by atoms with Crippen LogP contribution >= 0.6 is 11.8 Å². The summed E-state index contributed by atoms with van der Waals surface area (Å²) in [6.45, 7) is 5.58. The van der Waals surface area contributed by atoms with Crippen LogP contribution in [0.1, 0.15) is 12.5 Å². The van der Waals surface area contributed by atoms with E-state index in [9.17, 15) is 4.79 Å². The van der Waals surface area contributed by atoms with Crippen molar-refractivity contribution >= 4 is 23.4 Å². The Bertz CT molecular complexity index is 992. The lowest BCUT2D eigenvalue weighted by molar-refractivity contribution is -0.113. The molecule has 2 aromatic heterocycles. The number of ether oxygens (including phenoxy) is 2. The number of aromatic nitrogens is 4. The Morgan fingerprint density at radius 3 is 2.83 bits per heavy atom. The van der Waals surface area contributed by atoms with Crippen molar-refractivity contribution in [2.75, 3.05) is 31.4 Å². The fraction of sp³-hybridized carbons (Fsp3) is 0.333. The Morgan fingerprint density at radius 1 is 1.20 bits per heavy atom. The van der Waals surface area contributed by atoms with E-state index in [4.69, 9.17) is 9.47 Å². The largest absolute Gasteiger partial charge is 0.474 e. The highest BCUT2D eigenvalue weighted by atomic mass is 32.2. The van der Waals surface area contributed by atoms with E-state index in [-0.39, 0.29) is 11.7 Å². The normalized spacial score (nSPS) is 10.8. The van der Waals surface area contributed by atoms with E-state index < -0.39 is 0 Å². The molecule has 0 atom stereocenters. The van der Waals surface area contributed by atoms with Gasteiger partial charge in [0.1, 0.15) is 12.3 Å². The van der Waals surface area contributed by atoms with Crippen molar-refractivity contribution in [1.82, 2.24) is 19.7 Å². The van der Waals surface area contributed by atoms with Gasteiger partial charge in [-0.1, -0.05) is 35.5 Å². The van der Waals surface area contributed by atoms with E-state index in [0.29, 0.717) is 36.5 Å². The van der Waals surface area contributed by atoms with Gasteiger partial charge in [-0.25, -0.2) is 4.98 Å². The van der Waals surface area contributed by atoms with Crippen molar-refractivity contribution in [2.45, 2.75) is 25.5 Å². The molecule has 0 bridgehead atoms. The van der Waals surface area contributed by atoms with Gasteiger partial charge in [0.2, 0.25) is 11.8 Å². The summed E-state index contributed by atoms with van der Waals surface area (Å²) in [5, 5.41) is 12.2. The third kappa shape index (κ3) is 5.58. The van der Waals surface area contributed by atoms with E-state index >= 15 is 0 Å². The van der Waals surface area contributed by atoms with Crippen molar-refractivity contribution < 1.29 is 14.3 Å². The van der Waals surface area contributed by atoms with E-state index in [2.05, 4.69) is 26.6 Å². The first-order valence-corrected chi connectivity index (χ1v) is 10.6. The number of carbonyl (C=O) groups is 1. The van der Waals surface area contributed by atoms with Crippen LogP contribution in [0.25, 0.3) is 11.4 Å². The van der Waals surface area contributed by atoms with Gasteiger partial charge < -0.3 is 19.4 Å². The van der Waals surface area contributed by atoms with Crippen LogP contribution < -0.4 is 10.1 Å². The molecule has 1 N–H and O–H groups in total. The molecule has 0 aliphatic rings. The van der Waals surface area contributed by atoms with E-state index in [1.54, 1.807) is 25.4 Å². The highest BCUT2D eigenvalue weighted by Crippen LogP contribution is 2.25. The topological polar surface area (TPSA) is 91.2 Å². The van der Waals surface area contributed by atoms with Crippen LogP contribution in [0.2, 0.25) is 0 Å². The summed E-state index contributed by atoms with van der Waals surface area (Å²) in [5.74, 6) is 1.18. The van der Waals surface area contributed by atoms with Gasteiger partial charge in [-0.2, -0.15) is 0 Å². The van der Waals surface area contributed by atoms with Crippen LogP contribution in [0.5, 0.6) is 5.88 Å². The maximum Gasteiger partial charge on any atom is 0.237 e. The monoisotopic (exact) mass is 427 g/mol. The number of nitrogens with zero attached hydrogens (tertiary/aromatic N) is 4. The number of aryl methyl sites for hydroxylation is 1. The molecule has 0 aliphatic carbocycles. The zero-order valence-corrected chi connectivity index (χ0v) is 18.1. The summed E-state index contributed by atoms with van der Waals surface area (Å²) in [7, 11) is 1.60. The molecule has 3 aromatic rings. The molecule has 1 aromatic carbocycles. The van der Waals surface area contributed by atoms with Crippen molar-refractivity contribution in [3.8, 4) is 17.3 Å². The zero-order valence-electron chi connectivity index (χ0n) is 17.3. The molecule has 9 heteroatoms. The summed E-state index contributed by atoms with van der Waals surface area (Å²) < 4.78 is 12.5. The lowest BCUT2D eigenvalue weighted by Gasteiger charge is -2.11. The second-order valence-corrected chi connectivity index (χ2v) is 7.40. The predicted octanol–water partition coefficient (Wildman–Crippen LogP) is 3.42. The molecule has 0 saturated carbocycles. The SMILES string of the molecule is CCn1c(SCC(=O)Nc2cccnc2OCCOC)nnc1-c1cccc(C)c1. The second-order valence-electron chi connectivity index (χ2n) is 6.45. The first kappa shape index (κ1) is 21.8. The number of nitrogens with one attached hydrogen (secondary N) is 1. The number of rotatable bonds is 10. The summed E-state index contributed by atoms with van der Waals surface area (Å²) >= 11 is 1.34. The number of amides is 1. The van der Waals surface area contributed by atoms with Gasteiger partial charge in [-0.15, -0.1) is 10.2 Å². The van der Waals surface area contributed by atoms with E-state index in [1.165, 1.54) is 11.8 Å². The molecular formula is C21H25N5O3S. The highest BCUT2D eigenvalue weighted by Gasteiger charge is 2.15. The Kier molecular flexibility index (Phi) is 7.81. The molecule has 0 fully saturated rings. The number of hydrogen-bond acceptors (Lipinski definition) is 7. The number of pyridine rings is 1. The van der Waals surface area contributed by atoms with Crippen molar-refractivity contribution in [3.05, 3.63) is 48.2 Å². The second kappa shape index (κ2) is 10.7. The van der Waals surface area contributed by atoms with Crippen LogP contribution in [0, 0.1) is 6.92 Å². The predicted molar refractivity (Wildman–Crippen MR) is 117 cm³/mol. The van der Waals surface area contributed by atoms with Crippen molar-refractivity contribution in [2.24, 2.45) is 0 Å². The maximum atomic E-state index is 12.5. The Balaban J connectivity index is 1.64.